The summed E-state index contributed by atoms with van der Waals surface area (Å²) < 4.78 is 37.1. The summed E-state index contributed by atoms with van der Waals surface area (Å²) in [5, 5.41) is 13.1. The number of nitrogens with one attached hydrogen (secondary N) is 1. The molecule has 1 unspecified atom stereocenters. The molecule has 0 radical (unpaired) electrons. The minimum atomic E-state index is -4.46. The molecule has 1 saturated heterocycles. The molecule has 0 bridgehead atoms. The Kier molecular flexibility index (Phi) is 5.68. The molecule has 1 N–H and O–H groups in total. The summed E-state index contributed by atoms with van der Waals surface area (Å²) in [5.74, 6) is -1.32. The van der Waals surface area contributed by atoms with E-state index in [1.807, 2.05) is 5.32 Å². The third-order valence-electron chi connectivity index (χ3n) is 3.73. The van der Waals surface area contributed by atoms with Crippen LogP contribution >= 0.6 is 15.9 Å². The molecule has 1 aromatic carbocycles. The van der Waals surface area contributed by atoms with Crippen LogP contribution in [0, 0.1) is 16.0 Å². The fourth-order valence-corrected chi connectivity index (χ4v) is 3.00. The first-order chi connectivity index (χ1) is 11.2. The van der Waals surface area contributed by atoms with Crippen molar-refractivity contribution in [2.24, 2.45) is 5.92 Å². The number of benzene rings is 1. The number of nitrogens with zero attached hydrogens (tertiary/aromatic N) is 2. The monoisotopic (exact) mass is 409 g/mol. The van der Waals surface area contributed by atoms with E-state index in [4.69, 9.17) is 0 Å². The van der Waals surface area contributed by atoms with Gasteiger partial charge in [0.2, 0.25) is 5.91 Å². The molecule has 6 nitrogen and oxygen atoms in total. The summed E-state index contributed by atoms with van der Waals surface area (Å²) in [6, 6.07) is 4.58. The Morgan fingerprint density at radius 2 is 2.17 bits per heavy atom. The van der Waals surface area contributed by atoms with Gasteiger partial charge in [0.1, 0.15) is 12.2 Å². The number of carbonyl (C=O) groups excluding carboxylic acids is 1. The smallest absolute Gasteiger partial charge is 0.365 e. The summed E-state index contributed by atoms with van der Waals surface area (Å²) in [4.78, 5) is 24.3. The predicted octanol–water partition coefficient (Wildman–Crippen LogP) is 3.25. The molecule has 1 atom stereocenters. The number of alkyl halides is 3. The number of hydrogen-bond donors (Lipinski definition) is 1. The molecule has 0 aromatic heterocycles. The van der Waals surface area contributed by atoms with Crippen LogP contribution in [0.2, 0.25) is 0 Å². The fourth-order valence-electron chi connectivity index (χ4n) is 2.65. The summed E-state index contributed by atoms with van der Waals surface area (Å²) >= 11 is 3.17. The van der Waals surface area contributed by atoms with E-state index in [-0.39, 0.29) is 12.2 Å². The first kappa shape index (κ1) is 18.5. The van der Waals surface area contributed by atoms with Crippen LogP contribution in [-0.2, 0) is 4.79 Å². The zero-order valence-electron chi connectivity index (χ0n) is 12.5. The van der Waals surface area contributed by atoms with Crippen LogP contribution in [-0.4, -0.2) is 36.6 Å². The lowest BCUT2D eigenvalue weighted by atomic mass is 9.96. The van der Waals surface area contributed by atoms with Crippen molar-refractivity contribution < 1.29 is 22.9 Å². The number of carbonyl (C=O) groups is 1. The van der Waals surface area contributed by atoms with Crippen molar-refractivity contribution in [1.29, 1.82) is 0 Å². The van der Waals surface area contributed by atoms with Crippen LogP contribution in [0.5, 0.6) is 0 Å². The Bertz CT molecular complexity index is 639. The van der Waals surface area contributed by atoms with Crippen molar-refractivity contribution in [2.45, 2.75) is 19.0 Å². The molecule has 1 aliphatic heterocycles. The SMILES string of the molecule is O=C(NCC(F)(F)F)C1CCCN(c2ccc(Br)cc2[N+](=O)[O-])C1. The highest BCUT2D eigenvalue weighted by molar-refractivity contribution is 9.10. The number of amides is 1. The molecular weight excluding hydrogens is 395 g/mol. The molecule has 1 aliphatic rings. The predicted molar refractivity (Wildman–Crippen MR) is 84.8 cm³/mol. The first-order valence-electron chi connectivity index (χ1n) is 7.21. The number of hydrogen-bond acceptors (Lipinski definition) is 4. The van der Waals surface area contributed by atoms with Crippen LogP contribution < -0.4 is 10.2 Å². The minimum absolute atomic E-state index is 0.110. The van der Waals surface area contributed by atoms with Crippen molar-refractivity contribution in [3.8, 4) is 0 Å². The topological polar surface area (TPSA) is 75.5 Å². The van der Waals surface area contributed by atoms with Crippen LogP contribution in [0.4, 0.5) is 24.5 Å². The summed E-state index contributed by atoms with van der Waals surface area (Å²) in [5.41, 5.74) is 0.247. The number of nitro groups is 1. The van der Waals surface area contributed by atoms with Gasteiger partial charge in [-0.3, -0.25) is 14.9 Å². The number of nitro benzene ring substituents is 1. The van der Waals surface area contributed by atoms with Gasteiger partial charge in [-0.25, -0.2) is 0 Å². The largest absolute Gasteiger partial charge is 0.405 e. The van der Waals surface area contributed by atoms with E-state index in [9.17, 15) is 28.1 Å². The molecule has 1 heterocycles. The van der Waals surface area contributed by atoms with Crippen molar-refractivity contribution >= 4 is 33.2 Å². The Morgan fingerprint density at radius 1 is 1.46 bits per heavy atom. The maximum absolute atomic E-state index is 12.2. The number of piperidine rings is 1. The highest BCUT2D eigenvalue weighted by Crippen LogP contribution is 2.33. The molecule has 24 heavy (non-hydrogen) atoms. The van der Waals surface area contributed by atoms with Crippen molar-refractivity contribution in [2.75, 3.05) is 24.5 Å². The van der Waals surface area contributed by atoms with Gasteiger partial charge in [0.15, 0.2) is 0 Å². The minimum Gasteiger partial charge on any atom is -0.365 e. The van der Waals surface area contributed by atoms with E-state index in [1.54, 1.807) is 17.0 Å². The van der Waals surface area contributed by atoms with E-state index >= 15 is 0 Å². The number of anilines is 1. The van der Waals surface area contributed by atoms with Gasteiger partial charge in [-0.1, -0.05) is 15.9 Å². The zero-order valence-corrected chi connectivity index (χ0v) is 14.1. The molecule has 2 rings (SSSR count). The second-order valence-corrected chi connectivity index (χ2v) is 6.42. The third-order valence-corrected chi connectivity index (χ3v) is 4.22. The van der Waals surface area contributed by atoms with Gasteiger partial charge in [0.05, 0.1) is 10.8 Å². The number of rotatable bonds is 4. The van der Waals surface area contributed by atoms with Gasteiger partial charge >= 0.3 is 6.18 Å². The van der Waals surface area contributed by atoms with Crippen LogP contribution in [0.3, 0.4) is 0 Å². The van der Waals surface area contributed by atoms with Crippen molar-refractivity contribution in [3.05, 3.63) is 32.8 Å². The second-order valence-electron chi connectivity index (χ2n) is 5.51. The van der Waals surface area contributed by atoms with Gasteiger partial charge < -0.3 is 10.2 Å². The Balaban J connectivity index is 2.11. The highest BCUT2D eigenvalue weighted by Gasteiger charge is 2.32. The lowest BCUT2D eigenvalue weighted by molar-refractivity contribution is -0.384. The maximum atomic E-state index is 12.2. The molecule has 0 aliphatic carbocycles. The normalized spacial score (nSPS) is 18.3. The molecule has 1 aromatic rings. The van der Waals surface area contributed by atoms with Gasteiger partial charge in [0.25, 0.3) is 5.69 Å². The molecule has 132 valence electrons. The number of halogens is 4. The van der Waals surface area contributed by atoms with Crippen molar-refractivity contribution in [3.63, 3.8) is 0 Å². The summed E-state index contributed by atoms with van der Waals surface area (Å²) in [6.07, 6.45) is -3.45. The van der Waals surface area contributed by atoms with E-state index in [0.717, 1.165) is 0 Å². The quantitative estimate of drug-likeness (QED) is 0.611. The van der Waals surface area contributed by atoms with E-state index < -0.39 is 29.5 Å². The van der Waals surface area contributed by atoms with Crippen LogP contribution in [0.1, 0.15) is 12.8 Å². The lowest BCUT2D eigenvalue weighted by Crippen LogP contribution is -2.45. The highest BCUT2D eigenvalue weighted by atomic mass is 79.9. The van der Waals surface area contributed by atoms with E-state index in [0.29, 0.717) is 29.5 Å². The van der Waals surface area contributed by atoms with Crippen LogP contribution in [0.25, 0.3) is 0 Å². The third kappa shape index (κ3) is 4.83. The molecular formula is C14H15BrF3N3O3. The van der Waals surface area contributed by atoms with Crippen LogP contribution in [0.15, 0.2) is 22.7 Å². The van der Waals surface area contributed by atoms with Gasteiger partial charge in [-0.2, -0.15) is 13.2 Å². The van der Waals surface area contributed by atoms with Gasteiger partial charge in [0, 0.05) is 23.6 Å². The zero-order chi connectivity index (χ0) is 17.9. The molecule has 10 heteroatoms. The molecule has 1 amide bonds. The molecule has 1 fully saturated rings. The lowest BCUT2D eigenvalue weighted by Gasteiger charge is -2.33. The Morgan fingerprint density at radius 3 is 2.79 bits per heavy atom. The second kappa shape index (κ2) is 7.37. The van der Waals surface area contributed by atoms with E-state index in [1.165, 1.54) is 6.07 Å². The average Bonchev–Trinajstić information content (AvgIpc) is 2.52. The molecule has 0 saturated carbocycles. The standard InChI is InChI=1S/C14H15BrF3N3O3/c15-10-3-4-11(12(6-10)21(23)24)20-5-1-2-9(7-20)13(22)19-8-14(16,17)18/h3-4,6,9H,1-2,5,7-8H2,(H,19,22). The summed E-state index contributed by atoms with van der Waals surface area (Å²) in [6.45, 7) is -0.724. The van der Waals surface area contributed by atoms with Crippen molar-refractivity contribution in [1.82, 2.24) is 5.32 Å². The van der Waals surface area contributed by atoms with Gasteiger partial charge in [-0.05, 0) is 25.0 Å². The summed E-state index contributed by atoms with van der Waals surface area (Å²) in [7, 11) is 0. The maximum Gasteiger partial charge on any atom is 0.405 e. The first-order valence-corrected chi connectivity index (χ1v) is 8.00. The fraction of sp³-hybridized carbons (Fsp3) is 0.500. The Hall–Kier alpha value is -1.84. The van der Waals surface area contributed by atoms with E-state index in [2.05, 4.69) is 15.9 Å². The van der Waals surface area contributed by atoms with Gasteiger partial charge in [-0.15, -0.1) is 0 Å². The molecule has 0 spiro atoms. The average molecular weight is 410 g/mol. The Labute approximate surface area is 144 Å².